The van der Waals surface area contributed by atoms with Crippen LogP contribution in [0.3, 0.4) is 0 Å². The van der Waals surface area contributed by atoms with Crippen LogP contribution in [0.1, 0.15) is 30.4 Å². The van der Waals surface area contributed by atoms with Crippen LogP contribution in [0.25, 0.3) is 0 Å². The van der Waals surface area contributed by atoms with Crippen LogP contribution in [0, 0.1) is 6.92 Å². The minimum Gasteiger partial charge on any atom is -0.482 e. The maximum Gasteiger partial charge on any atom is 0.258 e. The molecule has 5 nitrogen and oxygen atoms in total. The molecule has 1 amide bonds. The number of carbonyl (C=O) groups excluding carboxylic acids is 1. The van der Waals surface area contributed by atoms with Crippen LogP contribution in [0.4, 0.5) is 0 Å². The lowest BCUT2D eigenvalue weighted by atomic mass is 10.2. The molecule has 1 aromatic carbocycles. The Morgan fingerprint density at radius 3 is 2.72 bits per heavy atom. The molecule has 0 radical (unpaired) electrons. The van der Waals surface area contributed by atoms with Crippen LogP contribution < -0.4 is 10.1 Å². The van der Waals surface area contributed by atoms with E-state index in [0.29, 0.717) is 17.3 Å². The molecule has 0 spiro atoms. The number of hydrogen-bond acceptors (Lipinski definition) is 4. The molecule has 3 rings (SSSR count). The molecule has 1 aliphatic heterocycles. The van der Waals surface area contributed by atoms with Crippen molar-refractivity contribution in [3.8, 4) is 5.75 Å². The number of hydrogen-bond donors (Lipinski definition) is 1. The Hall–Kier alpha value is -1.98. The summed E-state index contributed by atoms with van der Waals surface area (Å²) in [5.41, 5.74) is 0. The van der Waals surface area contributed by atoms with Crippen molar-refractivity contribution in [2.75, 3.05) is 26.2 Å². The Labute approximate surface area is 152 Å². The first-order valence-electron chi connectivity index (χ1n) is 8.58. The Kier molecular flexibility index (Phi) is 6.00. The molecule has 1 unspecified atom stereocenters. The van der Waals surface area contributed by atoms with Crippen LogP contribution >= 0.6 is 11.6 Å². The van der Waals surface area contributed by atoms with E-state index >= 15 is 0 Å². The lowest BCUT2D eigenvalue weighted by Gasteiger charge is -2.26. The maximum absolute atomic E-state index is 12.2. The van der Waals surface area contributed by atoms with E-state index in [4.69, 9.17) is 20.8 Å². The van der Waals surface area contributed by atoms with Gasteiger partial charge in [0.25, 0.3) is 5.91 Å². The fourth-order valence-corrected chi connectivity index (χ4v) is 3.25. The Morgan fingerprint density at radius 2 is 2.04 bits per heavy atom. The van der Waals surface area contributed by atoms with Crippen molar-refractivity contribution >= 4 is 17.5 Å². The molecule has 1 N–H and O–H groups in total. The molecule has 0 aliphatic carbocycles. The number of furan rings is 1. The molecule has 6 heteroatoms. The predicted octanol–water partition coefficient (Wildman–Crippen LogP) is 3.57. The molecule has 2 aromatic rings. The van der Waals surface area contributed by atoms with Gasteiger partial charge < -0.3 is 14.5 Å². The van der Waals surface area contributed by atoms with Gasteiger partial charge in [0, 0.05) is 6.54 Å². The Balaban J connectivity index is 1.55. The quantitative estimate of drug-likeness (QED) is 0.818. The van der Waals surface area contributed by atoms with E-state index in [9.17, 15) is 4.79 Å². The summed E-state index contributed by atoms with van der Waals surface area (Å²) in [5.74, 6) is 2.11. The second-order valence-corrected chi connectivity index (χ2v) is 6.64. The molecule has 0 saturated carbocycles. The predicted molar refractivity (Wildman–Crippen MR) is 96.9 cm³/mol. The van der Waals surface area contributed by atoms with Gasteiger partial charge in [0.15, 0.2) is 6.61 Å². The molecule has 1 saturated heterocycles. The van der Waals surface area contributed by atoms with Crippen molar-refractivity contribution in [3.05, 3.63) is 52.9 Å². The molecule has 1 aromatic heterocycles. The number of likely N-dealkylation sites (tertiary alicyclic amines) is 1. The zero-order valence-corrected chi connectivity index (χ0v) is 15.1. The lowest BCUT2D eigenvalue weighted by Crippen LogP contribution is -2.38. The number of carbonyl (C=O) groups is 1. The number of nitrogens with one attached hydrogen (secondary N) is 1. The van der Waals surface area contributed by atoms with E-state index in [0.717, 1.165) is 24.6 Å². The summed E-state index contributed by atoms with van der Waals surface area (Å²) in [7, 11) is 0. The van der Waals surface area contributed by atoms with Gasteiger partial charge in [0.1, 0.15) is 17.3 Å². The van der Waals surface area contributed by atoms with Crippen LogP contribution in [-0.2, 0) is 4.79 Å². The third-order valence-electron chi connectivity index (χ3n) is 4.36. The van der Waals surface area contributed by atoms with Gasteiger partial charge in [-0.2, -0.15) is 0 Å². The minimum absolute atomic E-state index is 0.0560. The fraction of sp³-hybridized carbons (Fsp3) is 0.421. The number of halogens is 1. The zero-order valence-electron chi connectivity index (χ0n) is 14.3. The molecule has 1 fully saturated rings. The van der Waals surface area contributed by atoms with Gasteiger partial charge in [0.2, 0.25) is 0 Å². The molecule has 134 valence electrons. The van der Waals surface area contributed by atoms with E-state index in [1.807, 2.05) is 31.2 Å². The number of amides is 1. The average Bonchev–Trinajstić information content (AvgIpc) is 3.27. The maximum atomic E-state index is 12.2. The number of nitrogens with zero attached hydrogens (tertiary/aromatic N) is 1. The third kappa shape index (κ3) is 4.77. The summed E-state index contributed by atoms with van der Waals surface area (Å²) < 4.78 is 11.3. The van der Waals surface area contributed by atoms with Gasteiger partial charge in [-0.25, -0.2) is 0 Å². The SMILES string of the molecule is Cc1ccc(C(CNC(=O)COc2ccccc2Cl)N2CCCC2)o1. The molecular weight excluding hydrogens is 340 g/mol. The summed E-state index contributed by atoms with van der Waals surface area (Å²) in [5, 5.41) is 3.44. The van der Waals surface area contributed by atoms with E-state index in [2.05, 4.69) is 10.2 Å². The standard InChI is InChI=1S/C19H23ClN2O3/c1-14-8-9-18(25-14)16(22-10-4-5-11-22)12-21-19(23)13-24-17-7-3-2-6-15(17)20/h2-3,6-9,16H,4-5,10-13H2,1H3,(H,21,23). The Bertz CT molecular complexity index is 710. The third-order valence-corrected chi connectivity index (χ3v) is 4.67. The summed E-state index contributed by atoms with van der Waals surface area (Å²) in [6.45, 7) is 4.42. The second kappa shape index (κ2) is 8.41. The Morgan fingerprint density at radius 1 is 1.28 bits per heavy atom. The number of benzene rings is 1. The van der Waals surface area contributed by atoms with Gasteiger partial charge in [-0.15, -0.1) is 0 Å². The van der Waals surface area contributed by atoms with Crippen LogP contribution in [-0.4, -0.2) is 37.0 Å². The largest absolute Gasteiger partial charge is 0.482 e. The van der Waals surface area contributed by atoms with Crippen molar-refractivity contribution < 1.29 is 13.9 Å². The van der Waals surface area contributed by atoms with Crippen molar-refractivity contribution in [2.24, 2.45) is 0 Å². The number of para-hydroxylation sites is 1. The fourth-order valence-electron chi connectivity index (χ4n) is 3.06. The number of aryl methyl sites for hydroxylation is 1. The minimum atomic E-state index is -0.174. The smallest absolute Gasteiger partial charge is 0.258 e. The topological polar surface area (TPSA) is 54.7 Å². The highest BCUT2D eigenvalue weighted by atomic mass is 35.5. The van der Waals surface area contributed by atoms with Crippen LogP contribution in [0.15, 0.2) is 40.8 Å². The molecule has 0 bridgehead atoms. The van der Waals surface area contributed by atoms with Gasteiger partial charge >= 0.3 is 0 Å². The summed E-state index contributed by atoms with van der Waals surface area (Å²) in [6.07, 6.45) is 2.36. The van der Waals surface area contributed by atoms with Crippen LogP contribution in [0.5, 0.6) is 5.75 Å². The summed E-state index contributed by atoms with van der Waals surface area (Å²) in [4.78, 5) is 14.5. The van der Waals surface area contributed by atoms with Crippen molar-refractivity contribution in [1.29, 1.82) is 0 Å². The van der Waals surface area contributed by atoms with Gasteiger partial charge in [-0.1, -0.05) is 23.7 Å². The van der Waals surface area contributed by atoms with E-state index in [-0.39, 0.29) is 18.6 Å². The first-order valence-corrected chi connectivity index (χ1v) is 8.95. The number of ether oxygens (including phenoxy) is 1. The monoisotopic (exact) mass is 362 g/mol. The zero-order chi connectivity index (χ0) is 17.6. The molecule has 25 heavy (non-hydrogen) atoms. The first kappa shape index (κ1) is 17.8. The van der Waals surface area contributed by atoms with E-state index in [1.165, 1.54) is 12.8 Å². The highest BCUT2D eigenvalue weighted by Crippen LogP contribution is 2.26. The van der Waals surface area contributed by atoms with Gasteiger partial charge in [0.05, 0.1) is 11.1 Å². The van der Waals surface area contributed by atoms with Crippen molar-refractivity contribution in [3.63, 3.8) is 0 Å². The van der Waals surface area contributed by atoms with Crippen molar-refractivity contribution in [1.82, 2.24) is 10.2 Å². The number of rotatable bonds is 7. The average molecular weight is 363 g/mol. The first-order chi connectivity index (χ1) is 12.1. The highest BCUT2D eigenvalue weighted by molar-refractivity contribution is 6.32. The van der Waals surface area contributed by atoms with E-state index < -0.39 is 0 Å². The molecule has 2 heterocycles. The molecule has 1 aliphatic rings. The van der Waals surface area contributed by atoms with Gasteiger partial charge in [-0.05, 0) is 57.1 Å². The van der Waals surface area contributed by atoms with E-state index in [1.54, 1.807) is 12.1 Å². The lowest BCUT2D eigenvalue weighted by molar-refractivity contribution is -0.123. The molecule has 1 atom stereocenters. The normalized spacial score (nSPS) is 15.9. The second-order valence-electron chi connectivity index (χ2n) is 6.23. The van der Waals surface area contributed by atoms with Crippen molar-refractivity contribution in [2.45, 2.75) is 25.8 Å². The summed E-state index contributed by atoms with van der Waals surface area (Å²) >= 11 is 6.03. The van der Waals surface area contributed by atoms with Crippen LogP contribution in [0.2, 0.25) is 5.02 Å². The van der Waals surface area contributed by atoms with Gasteiger partial charge in [-0.3, -0.25) is 9.69 Å². The highest BCUT2D eigenvalue weighted by Gasteiger charge is 2.26. The summed E-state index contributed by atoms with van der Waals surface area (Å²) in [6, 6.07) is 11.1. The molecular formula is C19H23ClN2O3.